The molecule has 3 aromatic rings. The molecule has 2 aromatic heterocycles. The van der Waals surface area contributed by atoms with Gasteiger partial charge >= 0.3 is 5.69 Å². The smallest absolute Gasteiger partial charge is 0.328 e. The van der Waals surface area contributed by atoms with Crippen molar-refractivity contribution in [1.29, 1.82) is 0 Å². The first-order chi connectivity index (χ1) is 33.8. The van der Waals surface area contributed by atoms with Gasteiger partial charge in [0.15, 0.2) is 11.5 Å². The van der Waals surface area contributed by atoms with Crippen LogP contribution in [0.3, 0.4) is 0 Å². The van der Waals surface area contributed by atoms with E-state index < -0.39 is 11.2 Å². The summed E-state index contributed by atoms with van der Waals surface area (Å²) < 4.78 is 1.47. The van der Waals surface area contributed by atoms with Gasteiger partial charge in [-0.25, -0.2) is 4.79 Å². The number of nitrogens with two attached hydrogens (primary N) is 1. The van der Waals surface area contributed by atoms with E-state index in [1.54, 1.807) is 38.2 Å². The molecule has 1 aliphatic carbocycles. The molecular weight excluding hydrogens is 919 g/mol. The average molecular weight is 992 g/mol. The second kappa shape index (κ2) is 28.7. The molecule has 70 heavy (non-hydrogen) atoms. The Morgan fingerprint density at radius 1 is 0.829 bits per heavy atom. The van der Waals surface area contributed by atoms with Crippen LogP contribution in [0.25, 0.3) is 11.2 Å². The van der Waals surface area contributed by atoms with Crippen molar-refractivity contribution in [3.63, 3.8) is 0 Å². The molecule has 3 heterocycles. The minimum absolute atomic E-state index is 0.0355. The Balaban J connectivity index is 0.853. The Morgan fingerprint density at radius 3 is 2.23 bits per heavy atom. The van der Waals surface area contributed by atoms with Crippen LogP contribution >= 0.6 is 11.8 Å². The van der Waals surface area contributed by atoms with E-state index in [4.69, 9.17) is 5.73 Å². The number of nitrogens with one attached hydrogen (secondary N) is 8. The van der Waals surface area contributed by atoms with Gasteiger partial charge in [-0.15, -0.1) is 11.8 Å². The number of carbonyl (C=O) groups excluding carboxylic acids is 7. The van der Waals surface area contributed by atoms with Crippen LogP contribution in [0.2, 0.25) is 0 Å². The Kier molecular flexibility index (Phi) is 22.6. The highest BCUT2D eigenvalue weighted by atomic mass is 32.2. The topological polar surface area (TPSA) is 297 Å². The first kappa shape index (κ1) is 55.1. The minimum Gasteiger partial charge on any atom is -0.382 e. The van der Waals surface area contributed by atoms with Crippen LogP contribution in [-0.4, -0.2) is 142 Å². The highest BCUT2D eigenvalue weighted by Gasteiger charge is 2.40. The fraction of sp³-hybridized carbons (Fsp3) is 0.625. The zero-order valence-corrected chi connectivity index (χ0v) is 41.7. The number of fused-ring (bicyclic) bond motifs is 1. The summed E-state index contributed by atoms with van der Waals surface area (Å²) >= 11 is 1.20. The van der Waals surface area contributed by atoms with Gasteiger partial charge in [0.2, 0.25) is 35.5 Å². The molecule has 0 radical (unpaired) electrons. The Bertz CT molecular complexity index is 2300. The molecular formula is C48H73N13O8S. The SMILES string of the molecule is CCCCNc1nc(N)c2[nH]c(=O)n(Cc3ccc(C(=O)NCC(=O)NCCCCNCCCNC(=O)C4CCC(CN5C(=O)CC(SCC(=O)NCCCCC(NC)C(C)=O)C5=O)CC4)cc3)c2n1. The second-order valence-corrected chi connectivity index (χ2v) is 19.3. The number of anilines is 2. The maximum absolute atomic E-state index is 13.1. The van der Waals surface area contributed by atoms with Crippen LogP contribution in [-0.2, 0) is 35.3 Å². The number of Topliss-reactive ketones (excluding diaryl/α,β-unsaturated/α-hetero) is 1. The van der Waals surface area contributed by atoms with Crippen molar-refractivity contribution in [2.24, 2.45) is 11.8 Å². The van der Waals surface area contributed by atoms with E-state index in [0.29, 0.717) is 74.7 Å². The van der Waals surface area contributed by atoms with Crippen molar-refractivity contribution in [2.75, 3.05) is 76.2 Å². The van der Waals surface area contributed by atoms with Gasteiger partial charge in [-0.1, -0.05) is 25.5 Å². The highest BCUT2D eigenvalue weighted by molar-refractivity contribution is 8.01. The number of likely N-dealkylation sites (tertiary alicyclic amines) is 1. The van der Waals surface area contributed by atoms with E-state index in [-0.39, 0.29) is 90.0 Å². The van der Waals surface area contributed by atoms with Crippen molar-refractivity contribution in [1.82, 2.24) is 56.3 Å². The fourth-order valence-electron chi connectivity index (χ4n) is 8.54. The standard InChI is InChI=1S/C48H73N13O8S/c1-4-5-22-55-47-58-42(49)41-43(59-47)61(48(69)57-41)29-33-14-18-35(19-15-33)45(67)56-27-38(63)52-24-9-8-20-51-21-10-25-54-44(66)34-16-12-32(13-17-34)28-60-40(65)26-37(46(60)68)70-30-39(64)53-23-7-6-11-36(50-3)31(2)62/h14-15,18-19,32,34,36-37,50-51H,4-13,16-17,20-30H2,1-3H3,(H,52,63)(H,53,64)(H,54,66)(H,56,67)(H,57,69)(H3,49,55,58,59). The fourth-order valence-corrected chi connectivity index (χ4v) is 9.53. The Labute approximate surface area is 413 Å². The zero-order chi connectivity index (χ0) is 50.4. The van der Waals surface area contributed by atoms with E-state index in [9.17, 15) is 38.4 Å². The number of nitrogen functional groups attached to an aromatic ring is 1. The van der Waals surface area contributed by atoms with Crippen LogP contribution in [0.4, 0.5) is 11.8 Å². The Hall–Kier alpha value is -5.87. The van der Waals surface area contributed by atoms with Crippen molar-refractivity contribution in [3.05, 3.63) is 45.9 Å². The van der Waals surface area contributed by atoms with Crippen molar-refractivity contribution in [2.45, 2.75) is 115 Å². The lowest BCUT2D eigenvalue weighted by Gasteiger charge is -2.30. The summed E-state index contributed by atoms with van der Waals surface area (Å²) in [5.41, 5.74) is 7.59. The number of rotatable bonds is 31. The number of hydrogen-bond acceptors (Lipinski definition) is 15. The lowest BCUT2D eigenvalue weighted by atomic mass is 9.81. The van der Waals surface area contributed by atoms with Crippen LogP contribution in [0, 0.1) is 11.8 Å². The summed E-state index contributed by atoms with van der Waals surface area (Å²) in [5.74, 6) is -0.507. The summed E-state index contributed by atoms with van der Waals surface area (Å²) in [6, 6.07) is 6.58. The molecule has 1 saturated carbocycles. The van der Waals surface area contributed by atoms with E-state index in [0.717, 1.165) is 76.4 Å². The molecule has 0 bridgehead atoms. The third-order valence-electron chi connectivity index (χ3n) is 12.7. The number of imide groups is 1. The molecule has 5 rings (SSSR count). The highest BCUT2D eigenvalue weighted by Crippen LogP contribution is 2.32. The van der Waals surface area contributed by atoms with Crippen LogP contribution in [0.5, 0.6) is 0 Å². The summed E-state index contributed by atoms with van der Waals surface area (Å²) in [6.45, 7) is 7.71. The number of nitrogens with zero attached hydrogens (tertiary/aromatic N) is 4. The third-order valence-corrected chi connectivity index (χ3v) is 13.9. The number of aromatic nitrogens is 4. The predicted octanol–water partition coefficient (Wildman–Crippen LogP) is 1.81. The summed E-state index contributed by atoms with van der Waals surface area (Å²) in [4.78, 5) is 113. The maximum atomic E-state index is 13.1. The van der Waals surface area contributed by atoms with Gasteiger partial charge in [0.1, 0.15) is 11.3 Å². The van der Waals surface area contributed by atoms with Gasteiger partial charge in [0.05, 0.1) is 30.1 Å². The number of benzene rings is 1. The van der Waals surface area contributed by atoms with Crippen LogP contribution in [0.1, 0.15) is 113 Å². The van der Waals surface area contributed by atoms with Crippen molar-refractivity contribution in [3.8, 4) is 0 Å². The molecule has 21 nitrogen and oxygen atoms in total. The molecule has 1 aliphatic heterocycles. The normalized spacial score (nSPS) is 17.4. The van der Waals surface area contributed by atoms with E-state index in [1.807, 2.05) is 0 Å². The van der Waals surface area contributed by atoms with Gasteiger partial charge in [0.25, 0.3) is 5.91 Å². The molecule has 10 N–H and O–H groups in total. The van der Waals surface area contributed by atoms with E-state index in [2.05, 4.69) is 59.1 Å². The van der Waals surface area contributed by atoms with Crippen LogP contribution in [0.15, 0.2) is 29.1 Å². The molecule has 2 fully saturated rings. The zero-order valence-electron chi connectivity index (χ0n) is 40.9. The lowest BCUT2D eigenvalue weighted by molar-refractivity contribution is -0.139. The predicted molar refractivity (Wildman–Crippen MR) is 270 cm³/mol. The number of ketones is 1. The van der Waals surface area contributed by atoms with Gasteiger partial charge in [-0.2, -0.15) is 9.97 Å². The second-order valence-electron chi connectivity index (χ2n) is 18.1. The molecule has 1 saturated heterocycles. The molecule has 6 amide bonds. The molecule has 22 heteroatoms. The van der Waals surface area contributed by atoms with Gasteiger partial charge in [0, 0.05) is 50.6 Å². The van der Waals surface area contributed by atoms with Crippen LogP contribution < -0.4 is 48.6 Å². The quantitative estimate of drug-likeness (QED) is 0.0328. The molecule has 1 aromatic carbocycles. The first-order valence-corrected chi connectivity index (χ1v) is 25.8. The largest absolute Gasteiger partial charge is 0.382 e. The molecule has 2 unspecified atom stereocenters. The maximum Gasteiger partial charge on any atom is 0.328 e. The Morgan fingerprint density at radius 2 is 1.51 bits per heavy atom. The number of likely N-dealkylation sites (N-methyl/N-ethyl adjacent to an activating group) is 1. The van der Waals surface area contributed by atoms with Crippen molar-refractivity contribution >= 4 is 75.9 Å². The molecule has 2 aliphatic rings. The molecule has 2 atom stereocenters. The summed E-state index contributed by atoms with van der Waals surface area (Å²) in [7, 11) is 1.76. The summed E-state index contributed by atoms with van der Waals surface area (Å²) in [6.07, 6.45) is 9.57. The number of amides is 6. The average Bonchev–Trinajstić information content (AvgIpc) is 3.81. The van der Waals surface area contributed by atoms with Gasteiger partial charge < -0.3 is 47.9 Å². The number of unbranched alkanes of at least 4 members (excludes halogenated alkanes) is 3. The number of H-pyrrole nitrogens is 1. The van der Waals surface area contributed by atoms with Gasteiger partial charge in [-0.05, 0) is 121 Å². The number of imidazole rings is 1. The lowest BCUT2D eigenvalue weighted by Crippen LogP contribution is -2.39. The first-order valence-electron chi connectivity index (χ1n) is 24.8. The number of thioether (sulfide) groups is 1. The third kappa shape index (κ3) is 17.2. The minimum atomic E-state index is -0.562. The number of aromatic amines is 1. The molecule has 0 spiro atoms. The van der Waals surface area contributed by atoms with E-state index >= 15 is 0 Å². The number of hydrogen-bond donors (Lipinski definition) is 9. The monoisotopic (exact) mass is 992 g/mol. The molecule has 384 valence electrons. The summed E-state index contributed by atoms with van der Waals surface area (Å²) in [5, 5.41) is 20.3. The van der Waals surface area contributed by atoms with Gasteiger partial charge in [-0.3, -0.25) is 43.0 Å². The van der Waals surface area contributed by atoms with Crippen molar-refractivity contribution < 1.29 is 33.6 Å². The van der Waals surface area contributed by atoms with E-state index in [1.165, 1.54) is 21.2 Å². The number of carbonyl (C=O) groups is 7.